The normalized spacial score (nSPS) is 24.3. The van der Waals surface area contributed by atoms with Gasteiger partial charge in [-0.1, -0.05) is 6.07 Å². The van der Waals surface area contributed by atoms with Gasteiger partial charge in [0, 0.05) is 12.0 Å². The molecule has 1 saturated heterocycles. The van der Waals surface area contributed by atoms with Crippen LogP contribution in [0, 0.1) is 0 Å². The van der Waals surface area contributed by atoms with Crippen LogP contribution in [0.25, 0.3) is 11.0 Å². The van der Waals surface area contributed by atoms with Gasteiger partial charge >= 0.3 is 7.12 Å². The Balaban J connectivity index is 1.79. The van der Waals surface area contributed by atoms with E-state index in [0.29, 0.717) is 0 Å². The highest BCUT2D eigenvalue weighted by Crippen LogP contribution is 2.38. The Morgan fingerprint density at radius 1 is 1.04 bits per heavy atom. The molecule has 3 heterocycles. The van der Waals surface area contributed by atoms with Crippen LogP contribution in [-0.2, 0) is 21.3 Å². The summed E-state index contributed by atoms with van der Waals surface area (Å²) < 4.78 is 14.8. The average Bonchev–Trinajstić information content (AvgIpc) is 3.01. The van der Waals surface area contributed by atoms with Gasteiger partial charge in [0.25, 0.3) is 0 Å². The van der Waals surface area contributed by atoms with E-state index in [2.05, 4.69) is 64.3 Å². The first-order valence-electron chi connectivity index (χ1n) is 8.48. The van der Waals surface area contributed by atoms with Crippen molar-refractivity contribution < 1.29 is 9.31 Å². The highest BCUT2D eigenvalue weighted by Gasteiger charge is 2.51. The van der Waals surface area contributed by atoms with E-state index in [-0.39, 0.29) is 23.9 Å². The minimum absolute atomic E-state index is 0.124. The van der Waals surface area contributed by atoms with Crippen LogP contribution in [0.1, 0.15) is 53.8 Å². The third kappa shape index (κ3) is 2.09. The fourth-order valence-electron chi connectivity index (χ4n) is 3.64. The second kappa shape index (κ2) is 4.39. The molecule has 0 atom stereocenters. The largest absolute Gasteiger partial charge is 0.494 e. The van der Waals surface area contributed by atoms with E-state index in [4.69, 9.17) is 14.3 Å². The molecule has 1 fully saturated rings. The number of hydrogen-bond donors (Lipinski definition) is 0. The first kappa shape index (κ1) is 15.2. The summed E-state index contributed by atoms with van der Waals surface area (Å²) in [5, 5.41) is 0. The zero-order valence-electron chi connectivity index (χ0n) is 14.9. The minimum atomic E-state index is -0.319. The van der Waals surface area contributed by atoms with Crippen molar-refractivity contribution in [1.29, 1.82) is 0 Å². The number of benzene rings is 1. The fraction of sp³-hybridized carbons (Fsp3) is 0.611. The Kier molecular flexibility index (Phi) is 2.91. The van der Waals surface area contributed by atoms with Gasteiger partial charge in [0.1, 0.15) is 5.82 Å². The molecular formula is C18H25BN2O2. The standard InChI is InChI=1S/C18H25BN2O2/c1-16(2)10-9-15-20-13-8-7-12(11-14(13)21(15)16)19-22-17(3,4)18(5,6)23-19/h7-8,11H,9-10H2,1-6H3. The molecule has 122 valence electrons. The van der Waals surface area contributed by atoms with Gasteiger partial charge in [0.15, 0.2) is 0 Å². The van der Waals surface area contributed by atoms with Crippen LogP contribution in [0.3, 0.4) is 0 Å². The molecule has 2 aliphatic rings. The third-order valence-electron chi connectivity index (χ3n) is 5.84. The van der Waals surface area contributed by atoms with Gasteiger partial charge in [0.05, 0.1) is 22.2 Å². The van der Waals surface area contributed by atoms with E-state index in [1.54, 1.807) is 0 Å². The molecule has 0 bridgehead atoms. The molecule has 2 aromatic rings. The zero-order valence-corrected chi connectivity index (χ0v) is 14.9. The van der Waals surface area contributed by atoms with Crippen molar-refractivity contribution in [1.82, 2.24) is 9.55 Å². The number of fused-ring (bicyclic) bond motifs is 3. The number of imidazole rings is 1. The highest BCUT2D eigenvalue weighted by atomic mass is 16.7. The second-order valence-electron chi connectivity index (χ2n) is 8.51. The number of nitrogens with zero attached hydrogens (tertiary/aromatic N) is 2. The molecule has 4 nitrogen and oxygen atoms in total. The van der Waals surface area contributed by atoms with Gasteiger partial charge in [-0.2, -0.15) is 0 Å². The summed E-state index contributed by atoms with van der Waals surface area (Å²) in [4.78, 5) is 4.80. The second-order valence-corrected chi connectivity index (χ2v) is 8.51. The van der Waals surface area contributed by atoms with E-state index in [1.165, 1.54) is 11.3 Å². The number of aromatic nitrogens is 2. The fourth-order valence-corrected chi connectivity index (χ4v) is 3.64. The highest BCUT2D eigenvalue weighted by molar-refractivity contribution is 6.62. The van der Waals surface area contributed by atoms with Crippen LogP contribution in [0.5, 0.6) is 0 Å². The molecular weight excluding hydrogens is 287 g/mol. The molecule has 5 heteroatoms. The zero-order chi connectivity index (χ0) is 16.6. The van der Waals surface area contributed by atoms with Crippen molar-refractivity contribution in [3.8, 4) is 0 Å². The van der Waals surface area contributed by atoms with Crippen molar-refractivity contribution >= 4 is 23.6 Å². The van der Waals surface area contributed by atoms with E-state index < -0.39 is 0 Å². The number of hydrogen-bond acceptors (Lipinski definition) is 3. The van der Waals surface area contributed by atoms with E-state index in [1.807, 2.05) is 0 Å². The number of rotatable bonds is 1. The Hall–Kier alpha value is -1.33. The van der Waals surface area contributed by atoms with Crippen molar-refractivity contribution in [2.45, 2.75) is 71.1 Å². The van der Waals surface area contributed by atoms with Gasteiger partial charge in [0.2, 0.25) is 0 Å². The van der Waals surface area contributed by atoms with Crippen LogP contribution in [0.15, 0.2) is 18.2 Å². The van der Waals surface area contributed by atoms with Gasteiger partial charge < -0.3 is 13.9 Å². The summed E-state index contributed by atoms with van der Waals surface area (Å²) in [6, 6.07) is 6.37. The quantitative estimate of drug-likeness (QED) is 0.760. The van der Waals surface area contributed by atoms with Crippen LogP contribution in [-0.4, -0.2) is 27.9 Å². The molecule has 0 aliphatic carbocycles. The summed E-state index contributed by atoms with van der Waals surface area (Å²) in [6.45, 7) is 12.9. The van der Waals surface area contributed by atoms with Crippen LogP contribution in [0.4, 0.5) is 0 Å². The molecule has 0 saturated carbocycles. The molecule has 1 aromatic carbocycles. The van der Waals surface area contributed by atoms with E-state index >= 15 is 0 Å². The van der Waals surface area contributed by atoms with Crippen molar-refractivity contribution in [3.63, 3.8) is 0 Å². The lowest BCUT2D eigenvalue weighted by Gasteiger charge is -2.32. The Morgan fingerprint density at radius 2 is 1.70 bits per heavy atom. The maximum atomic E-state index is 6.20. The minimum Gasteiger partial charge on any atom is -0.399 e. The summed E-state index contributed by atoms with van der Waals surface area (Å²) in [7, 11) is -0.319. The molecule has 0 radical (unpaired) electrons. The van der Waals surface area contributed by atoms with Gasteiger partial charge in [-0.05, 0) is 65.6 Å². The first-order valence-corrected chi connectivity index (χ1v) is 8.48. The topological polar surface area (TPSA) is 36.3 Å². The Labute approximate surface area is 138 Å². The van der Waals surface area contributed by atoms with Crippen LogP contribution in [0.2, 0.25) is 0 Å². The van der Waals surface area contributed by atoms with Gasteiger partial charge in [-0.25, -0.2) is 4.98 Å². The molecule has 0 amide bonds. The smallest absolute Gasteiger partial charge is 0.399 e. The van der Waals surface area contributed by atoms with Crippen molar-refractivity contribution in [2.75, 3.05) is 0 Å². The predicted octanol–water partition coefficient (Wildman–Crippen LogP) is 3.02. The molecule has 0 unspecified atom stereocenters. The molecule has 0 spiro atoms. The molecule has 4 rings (SSSR count). The summed E-state index contributed by atoms with van der Waals surface area (Å²) in [5.41, 5.74) is 2.82. The Morgan fingerprint density at radius 3 is 2.35 bits per heavy atom. The summed E-state index contributed by atoms with van der Waals surface area (Å²) in [5.74, 6) is 1.19. The van der Waals surface area contributed by atoms with Crippen LogP contribution < -0.4 is 5.46 Å². The first-order chi connectivity index (χ1) is 10.6. The van der Waals surface area contributed by atoms with Gasteiger partial charge in [-0.15, -0.1) is 0 Å². The maximum absolute atomic E-state index is 6.20. The Bertz CT molecular complexity index is 776. The number of aryl methyl sites for hydroxylation is 1. The lowest BCUT2D eigenvalue weighted by atomic mass is 9.79. The van der Waals surface area contributed by atoms with E-state index in [9.17, 15) is 0 Å². The molecule has 23 heavy (non-hydrogen) atoms. The van der Waals surface area contributed by atoms with Crippen molar-refractivity contribution in [2.24, 2.45) is 0 Å². The lowest BCUT2D eigenvalue weighted by Crippen LogP contribution is -2.41. The lowest BCUT2D eigenvalue weighted by molar-refractivity contribution is 0.00578. The predicted molar refractivity (Wildman–Crippen MR) is 93.1 cm³/mol. The summed E-state index contributed by atoms with van der Waals surface area (Å²) in [6.07, 6.45) is 2.19. The SMILES string of the molecule is CC1(C)CCc2nc3ccc(B4OC(C)(C)C(C)(C)O4)cc3n21. The average molecular weight is 312 g/mol. The van der Waals surface area contributed by atoms with E-state index in [0.717, 1.165) is 23.8 Å². The maximum Gasteiger partial charge on any atom is 0.494 e. The molecule has 1 aromatic heterocycles. The third-order valence-corrected chi connectivity index (χ3v) is 5.84. The monoisotopic (exact) mass is 312 g/mol. The van der Waals surface area contributed by atoms with Gasteiger partial charge in [-0.3, -0.25) is 0 Å². The summed E-state index contributed by atoms with van der Waals surface area (Å²) >= 11 is 0. The molecule has 0 N–H and O–H groups in total. The van der Waals surface area contributed by atoms with Crippen molar-refractivity contribution in [3.05, 3.63) is 24.0 Å². The van der Waals surface area contributed by atoms with Crippen LogP contribution >= 0.6 is 0 Å². The molecule has 2 aliphatic heterocycles.